The van der Waals surface area contributed by atoms with Gasteiger partial charge in [-0.05, 0) is 43.9 Å². The van der Waals surface area contributed by atoms with Crippen molar-refractivity contribution in [2.45, 2.75) is 38.6 Å². The highest BCUT2D eigenvalue weighted by Crippen LogP contribution is 2.25. The van der Waals surface area contributed by atoms with Crippen LogP contribution in [0.5, 0.6) is 0 Å². The highest BCUT2D eigenvalue weighted by Gasteiger charge is 2.23. The molecule has 0 spiro atoms. The Labute approximate surface area is 97.5 Å². The van der Waals surface area contributed by atoms with Crippen LogP contribution in [0.3, 0.4) is 0 Å². The molecule has 3 N–H and O–H groups in total. The topological polar surface area (TPSA) is 50.9 Å². The lowest BCUT2D eigenvalue weighted by Crippen LogP contribution is -2.36. The summed E-state index contributed by atoms with van der Waals surface area (Å²) in [5.41, 5.74) is 7.01. The third kappa shape index (κ3) is 2.73. The molecule has 0 radical (unpaired) electrons. The van der Waals surface area contributed by atoms with Crippen molar-refractivity contribution in [3.8, 4) is 0 Å². The number of nitrogens with two attached hydrogens (primary N) is 1. The molecule has 1 saturated carbocycles. The highest BCUT2D eigenvalue weighted by molar-refractivity contribution is 5.36. The van der Waals surface area contributed by atoms with E-state index in [-0.39, 0.29) is 0 Å². The van der Waals surface area contributed by atoms with E-state index in [1.165, 1.54) is 31.2 Å². The Morgan fingerprint density at radius 1 is 1.38 bits per heavy atom. The minimum absolute atomic E-state index is 0.508. The molecule has 3 nitrogen and oxygen atoms in total. The minimum Gasteiger partial charge on any atom is -0.367 e. The molecule has 2 unspecified atom stereocenters. The van der Waals surface area contributed by atoms with E-state index < -0.39 is 0 Å². The molecule has 1 fully saturated rings. The van der Waals surface area contributed by atoms with Crippen molar-refractivity contribution >= 4 is 5.82 Å². The maximum atomic E-state index is 5.81. The Morgan fingerprint density at radius 3 is 2.88 bits per heavy atom. The number of anilines is 1. The third-order valence-electron chi connectivity index (χ3n) is 3.46. The van der Waals surface area contributed by atoms with Gasteiger partial charge in [-0.3, -0.25) is 0 Å². The molecule has 1 aromatic rings. The molecular weight excluding hydrogens is 198 g/mol. The maximum Gasteiger partial charge on any atom is 0.126 e. The molecule has 0 aromatic carbocycles. The molecule has 2 rings (SSSR count). The molecule has 1 heterocycles. The summed E-state index contributed by atoms with van der Waals surface area (Å²) >= 11 is 0. The molecule has 88 valence electrons. The van der Waals surface area contributed by atoms with E-state index in [0.29, 0.717) is 12.0 Å². The summed E-state index contributed by atoms with van der Waals surface area (Å²) < 4.78 is 0. The van der Waals surface area contributed by atoms with Crippen molar-refractivity contribution in [1.82, 2.24) is 4.98 Å². The van der Waals surface area contributed by atoms with Gasteiger partial charge in [0.2, 0.25) is 0 Å². The Hall–Kier alpha value is -1.09. The molecule has 1 aliphatic carbocycles. The summed E-state index contributed by atoms with van der Waals surface area (Å²) in [4.78, 5) is 4.39. The van der Waals surface area contributed by atoms with E-state index in [4.69, 9.17) is 5.73 Å². The predicted molar refractivity (Wildman–Crippen MR) is 67.4 cm³/mol. The van der Waals surface area contributed by atoms with Crippen LogP contribution < -0.4 is 11.1 Å². The summed E-state index contributed by atoms with van der Waals surface area (Å²) in [6.07, 6.45) is 7.00. The fraction of sp³-hybridized carbons (Fsp3) is 0.615. The number of nitrogens with one attached hydrogen (secondary N) is 1. The number of hydrogen-bond acceptors (Lipinski definition) is 3. The zero-order valence-electron chi connectivity index (χ0n) is 9.95. The first-order valence-electron chi connectivity index (χ1n) is 6.19. The van der Waals surface area contributed by atoms with Crippen molar-refractivity contribution in [3.05, 3.63) is 23.9 Å². The summed E-state index contributed by atoms with van der Waals surface area (Å²) in [6.45, 7) is 2.84. The van der Waals surface area contributed by atoms with Crippen molar-refractivity contribution in [2.24, 2.45) is 11.7 Å². The third-order valence-corrected chi connectivity index (χ3v) is 3.46. The van der Waals surface area contributed by atoms with Crippen molar-refractivity contribution < 1.29 is 0 Å². The maximum absolute atomic E-state index is 5.81. The number of rotatable bonds is 3. The van der Waals surface area contributed by atoms with E-state index >= 15 is 0 Å². The van der Waals surface area contributed by atoms with E-state index in [2.05, 4.69) is 29.4 Å². The molecule has 0 saturated heterocycles. The normalized spacial score (nSPS) is 25.4. The van der Waals surface area contributed by atoms with Crippen LogP contribution in [0.2, 0.25) is 0 Å². The molecular formula is C13H21N3. The van der Waals surface area contributed by atoms with Gasteiger partial charge in [-0.2, -0.15) is 0 Å². The molecule has 1 aliphatic rings. The van der Waals surface area contributed by atoms with Gasteiger partial charge >= 0.3 is 0 Å². The standard InChI is InChI=1S/C13H21N3/c1-10-6-7-13(15-9-10)16-12-5-3-2-4-11(12)8-14/h6-7,9,11-12H,2-5,8,14H2,1H3,(H,15,16). The van der Waals surface area contributed by atoms with Crippen LogP contribution in [0, 0.1) is 12.8 Å². The first-order valence-corrected chi connectivity index (χ1v) is 6.19. The monoisotopic (exact) mass is 219 g/mol. The van der Waals surface area contributed by atoms with Gasteiger partial charge in [-0.25, -0.2) is 4.98 Å². The van der Waals surface area contributed by atoms with Gasteiger partial charge in [0.25, 0.3) is 0 Å². The number of pyridine rings is 1. The van der Waals surface area contributed by atoms with Crippen LogP contribution in [0.15, 0.2) is 18.3 Å². The lowest BCUT2D eigenvalue weighted by molar-refractivity contribution is 0.332. The van der Waals surface area contributed by atoms with E-state index in [1.807, 2.05) is 6.20 Å². The van der Waals surface area contributed by atoms with Gasteiger partial charge in [0.05, 0.1) is 0 Å². The fourth-order valence-corrected chi connectivity index (χ4v) is 2.42. The summed E-state index contributed by atoms with van der Waals surface area (Å²) in [7, 11) is 0. The van der Waals surface area contributed by atoms with Gasteiger partial charge in [0.1, 0.15) is 5.82 Å². The molecule has 0 amide bonds. The number of aromatic nitrogens is 1. The minimum atomic E-state index is 0.508. The van der Waals surface area contributed by atoms with Crippen LogP contribution in [0.4, 0.5) is 5.82 Å². The van der Waals surface area contributed by atoms with Crippen molar-refractivity contribution in [1.29, 1.82) is 0 Å². The molecule has 0 aliphatic heterocycles. The smallest absolute Gasteiger partial charge is 0.126 e. The second-order valence-electron chi connectivity index (χ2n) is 4.75. The van der Waals surface area contributed by atoms with Gasteiger partial charge in [-0.15, -0.1) is 0 Å². The Kier molecular flexibility index (Phi) is 3.78. The summed E-state index contributed by atoms with van der Waals surface area (Å²) in [6, 6.07) is 4.65. The van der Waals surface area contributed by atoms with E-state index in [9.17, 15) is 0 Å². The summed E-state index contributed by atoms with van der Waals surface area (Å²) in [5.74, 6) is 1.59. The Balaban J connectivity index is 1.99. The van der Waals surface area contributed by atoms with Gasteiger partial charge < -0.3 is 11.1 Å². The van der Waals surface area contributed by atoms with Gasteiger partial charge in [0, 0.05) is 12.2 Å². The average Bonchev–Trinajstić information content (AvgIpc) is 2.33. The van der Waals surface area contributed by atoms with E-state index in [0.717, 1.165) is 12.4 Å². The number of nitrogens with zero attached hydrogens (tertiary/aromatic N) is 1. The Morgan fingerprint density at radius 2 is 2.19 bits per heavy atom. The first kappa shape index (κ1) is 11.4. The zero-order valence-corrected chi connectivity index (χ0v) is 9.95. The SMILES string of the molecule is Cc1ccc(NC2CCCCC2CN)nc1. The molecule has 16 heavy (non-hydrogen) atoms. The molecule has 2 atom stereocenters. The van der Waals surface area contributed by atoms with Crippen LogP contribution in [0.1, 0.15) is 31.2 Å². The highest BCUT2D eigenvalue weighted by atomic mass is 15.0. The molecule has 3 heteroatoms. The molecule has 1 aromatic heterocycles. The summed E-state index contributed by atoms with van der Waals surface area (Å²) in [5, 5.41) is 3.52. The van der Waals surface area contributed by atoms with Crippen molar-refractivity contribution in [3.63, 3.8) is 0 Å². The van der Waals surface area contributed by atoms with Crippen LogP contribution in [-0.2, 0) is 0 Å². The molecule has 0 bridgehead atoms. The van der Waals surface area contributed by atoms with Crippen LogP contribution >= 0.6 is 0 Å². The lowest BCUT2D eigenvalue weighted by Gasteiger charge is -2.31. The fourth-order valence-electron chi connectivity index (χ4n) is 2.42. The second kappa shape index (κ2) is 5.30. The van der Waals surface area contributed by atoms with Gasteiger partial charge in [0.15, 0.2) is 0 Å². The van der Waals surface area contributed by atoms with Gasteiger partial charge in [-0.1, -0.05) is 18.9 Å². The lowest BCUT2D eigenvalue weighted by atomic mass is 9.84. The number of aryl methyl sites for hydroxylation is 1. The van der Waals surface area contributed by atoms with Crippen molar-refractivity contribution in [2.75, 3.05) is 11.9 Å². The van der Waals surface area contributed by atoms with E-state index in [1.54, 1.807) is 0 Å². The zero-order chi connectivity index (χ0) is 11.4. The average molecular weight is 219 g/mol. The predicted octanol–water partition coefficient (Wildman–Crippen LogP) is 2.32. The largest absolute Gasteiger partial charge is 0.367 e. The second-order valence-corrected chi connectivity index (χ2v) is 4.75. The quantitative estimate of drug-likeness (QED) is 0.820. The van der Waals surface area contributed by atoms with Crippen LogP contribution in [-0.4, -0.2) is 17.6 Å². The Bertz CT molecular complexity index is 320. The first-order chi connectivity index (χ1) is 7.79. The number of hydrogen-bond donors (Lipinski definition) is 2. The van der Waals surface area contributed by atoms with Crippen LogP contribution in [0.25, 0.3) is 0 Å².